The van der Waals surface area contributed by atoms with E-state index in [0.717, 1.165) is 17.4 Å². The van der Waals surface area contributed by atoms with Crippen LogP contribution in [0.4, 0.5) is 5.69 Å². The van der Waals surface area contributed by atoms with Crippen molar-refractivity contribution in [2.75, 3.05) is 11.4 Å². The molecular formula is C19H15BrN2. The lowest BCUT2D eigenvalue weighted by molar-refractivity contribution is 0.610. The van der Waals surface area contributed by atoms with Crippen molar-refractivity contribution < 1.29 is 0 Å². The van der Waals surface area contributed by atoms with Gasteiger partial charge in [-0.25, -0.2) is 0 Å². The molecule has 2 nitrogen and oxygen atoms in total. The minimum Gasteiger partial charge on any atom is -0.357 e. The summed E-state index contributed by atoms with van der Waals surface area (Å²) in [5.41, 5.74) is 6.88. The van der Waals surface area contributed by atoms with Gasteiger partial charge < -0.3 is 9.47 Å². The van der Waals surface area contributed by atoms with Crippen LogP contribution in [0.5, 0.6) is 0 Å². The SMILES string of the molecule is Brc1ccc2c(c1)C1c3cccn3-c3ccccc3N1CC2. The average Bonchev–Trinajstić information content (AvgIpc) is 3.04. The molecule has 0 aliphatic carbocycles. The molecule has 1 aromatic heterocycles. The largest absolute Gasteiger partial charge is 0.357 e. The maximum Gasteiger partial charge on any atom is 0.0953 e. The molecule has 0 amide bonds. The van der Waals surface area contributed by atoms with E-state index in [2.05, 4.69) is 86.2 Å². The molecule has 0 spiro atoms. The highest BCUT2D eigenvalue weighted by molar-refractivity contribution is 9.10. The monoisotopic (exact) mass is 350 g/mol. The molecule has 0 saturated carbocycles. The molecule has 3 heterocycles. The maximum atomic E-state index is 3.64. The van der Waals surface area contributed by atoms with Gasteiger partial charge >= 0.3 is 0 Å². The van der Waals surface area contributed by atoms with E-state index in [0.29, 0.717) is 6.04 Å². The van der Waals surface area contributed by atoms with Crippen LogP contribution in [0.2, 0.25) is 0 Å². The number of anilines is 1. The highest BCUT2D eigenvalue weighted by Gasteiger charge is 2.35. The van der Waals surface area contributed by atoms with Crippen LogP contribution in [0.15, 0.2) is 65.3 Å². The molecule has 0 fully saturated rings. The van der Waals surface area contributed by atoms with Gasteiger partial charge in [-0.3, -0.25) is 0 Å². The molecule has 3 aromatic rings. The van der Waals surface area contributed by atoms with E-state index in [9.17, 15) is 0 Å². The third-order valence-corrected chi connectivity index (χ3v) is 5.34. The Hall–Kier alpha value is -2.00. The summed E-state index contributed by atoms with van der Waals surface area (Å²) in [5, 5.41) is 0. The van der Waals surface area contributed by atoms with E-state index < -0.39 is 0 Å². The lowest BCUT2D eigenvalue weighted by atomic mass is 9.88. The standard InChI is InChI=1S/C19H15BrN2/c20-14-8-7-13-9-11-22-17-5-2-1-4-16(17)21-10-3-6-18(21)19(22)15(13)12-14/h1-8,10,12,19H,9,11H2. The molecule has 2 aliphatic rings. The lowest BCUT2D eigenvalue weighted by Crippen LogP contribution is -2.40. The van der Waals surface area contributed by atoms with E-state index >= 15 is 0 Å². The number of nitrogens with zero attached hydrogens (tertiary/aromatic N) is 2. The van der Waals surface area contributed by atoms with Gasteiger partial charge in [-0.1, -0.05) is 34.1 Å². The number of hydrogen-bond acceptors (Lipinski definition) is 1. The fourth-order valence-electron chi connectivity index (χ4n) is 3.91. The molecule has 1 atom stereocenters. The van der Waals surface area contributed by atoms with Gasteiger partial charge in [-0.05, 0) is 53.9 Å². The van der Waals surface area contributed by atoms with Gasteiger partial charge in [-0.15, -0.1) is 0 Å². The van der Waals surface area contributed by atoms with Crippen molar-refractivity contribution in [2.45, 2.75) is 12.5 Å². The van der Waals surface area contributed by atoms with E-state index in [1.165, 1.54) is 28.2 Å². The van der Waals surface area contributed by atoms with Crippen LogP contribution < -0.4 is 4.90 Å². The van der Waals surface area contributed by atoms with Crippen LogP contribution in [0.1, 0.15) is 22.9 Å². The van der Waals surface area contributed by atoms with E-state index in [-0.39, 0.29) is 0 Å². The molecule has 22 heavy (non-hydrogen) atoms. The lowest BCUT2D eigenvalue weighted by Gasteiger charge is -2.43. The summed E-state index contributed by atoms with van der Waals surface area (Å²) in [6.45, 7) is 1.07. The molecule has 0 saturated heterocycles. The van der Waals surface area contributed by atoms with Gasteiger partial charge in [-0.2, -0.15) is 0 Å². The Morgan fingerprint density at radius 2 is 1.82 bits per heavy atom. The molecule has 0 N–H and O–H groups in total. The first-order chi connectivity index (χ1) is 10.8. The van der Waals surface area contributed by atoms with E-state index in [1.807, 2.05) is 0 Å². The number of rotatable bonds is 0. The summed E-state index contributed by atoms with van der Waals surface area (Å²) in [6.07, 6.45) is 3.28. The first-order valence-corrected chi connectivity index (χ1v) is 8.44. The molecule has 5 rings (SSSR count). The molecule has 0 radical (unpaired) electrons. The topological polar surface area (TPSA) is 8.17 Å². The minimum atomic E-state index is 0.311. The summed E-state index contributed by atoms with van der Waals surface area (Å²) in [5.74, 6) is 0. The average molecular weight is 351 g/mol. The van der Waals surface area contributed by atoms with Crippen LogP contribution in [-0.4, -0.2) is 11.1 Å². The van der Waals surface area contributed by atoms with Crippen LogP contribution in [0.25, 0.3) is 5.69 Å². The van der Waals surface area contributed by atoms with Crippen LogP contribution in [0, 0.1) is 0 Å². The highest BCUT2D eigenvalue weighted by atomic mass is 79.9. The first kappa shape index (κ1) is 12.5. The van der Waals surface area contributed by atoms with Gasteiger partial charge in [0.15, 0.2) is 0 Å². The number of fused-ring (bicyclic) bond motifs is 8. The number of hydrogen-bond donors (Lipinski definition) is 0. The van der Waals surface area contributed by atoms with Crippen LogP contribution >= 0.6 is 15.9 Å². The maximum absolute atomic E-state index is 3.64. The van der Waals surface area contributed by atoms with Crippen molar-refractivity contribution in [3.05, 3.63) is 82.1 Å². The molecule has 1 unspecified atom stereocenters. The zero-order chi connectivity index (χ0) is 14.7. The van der Waals surface area contributed by atoms with Crippen LogP contribution in [0.3, 0.4) is 0 Å². The van der Waals surface area contributed by atoms with Gasteiger partial charge in [0, 0.05) is 22.9 Å². The molecule has 108 valence electrons. The number of halogens is 1. The molecule has 2 aliphatic heterocycles. The van der Waals surface area contributed by atoms with Crippen molar-refractivity contribution >= 4 is 21.6 Å². The van der Waals surface area contributed by atoms with Crippen molar-refractivity contribution in [3.63, 3.8) is 0 Å². The van der Waals surface area contributed by atoms with Crippen molar-refractivity contribution in [2.24, 2.45) is 0 Å². The minimum absolute atomic E-state index is 0.311. The van der Waals surface area contributed by atoms with Crippen molar-refractivity contribution in [1.29, 1.82) is 0 Å². The highest BCUT2D eigenvalue weighted by Crippen LogP contribution is 2.45. The Labute approximate surface area is 138 Å². The molecular weight excluding hydrogens is 336 g/mol. The molecule has 3 heteroatoms. The summed E-state index contributed by atoms with van der Waals surface area (Å²) >= 11 is 3.64. The number of para-hydroxylation sites is 2. The van der Waals surface area contributed by atoms with Gasteiger partial charge in [0.1, 0.15) is 0 Å². The quantitative estimate of drug-likeness (QED) is 0.570. The third kappa shape index (κ3) is 1.60. The van der Waals surface area contributed by atoms with Crippen molar-refractivity contribution in [1.82, 2.24) is 4.57 Å². The van der Waals surface area contributed by atoms with E-state index in [1.54, 1.807) is 0 Å². The number of benzene rings is 2. The fourth-order valence-corrected chi connectivity index (χ4v) is 4.29. The zero-order valence-corrected chi connectivity index (χ0v) is 13.6. The second kappa shape index (κ2) is 4.50. The Bertz CT molecular complexity index is 881. The van der Waals surface area contributed by atoms with Crippen molar-refractivity contribution in [3.8, 4) is 5.69 Å². The Morgan fingerprint density at radius 3 is 2.73 bits per heavy atom. The fraction of sp³-hybridized carbons (Fsp3) is 0.158. The summed E-state index contributed by atoms with van der Waals surface area (Å²) in [4.78, 5) is 2.55. The summed E-state index contributed by atoms with van der Waals surface area (Å²) in [7, 11) is 0. The van der Waals surface area contributed by atoms with E-state index in [4.69, 9.17) is 0 Å². The van der Waals surface area contributed by atoms with Gasteiger partial charge in [0.2, 0.25) is 0 Å². The normalized spacial score (nSPS) is 18.2. The van der Waals surface area contributed by atoms with Gasteiger partial charge in [0.05, 0.1) is 17.4 Å². The second-order valence-electron chi connectivity index (χ2n) is 5.98. The van der Waals surface area contributed by atoms with Gasteiger partial charge in [0.25, 0.3) is 0 Å². The summed E-state index contributed by atoms with van der Waals surface area (Å²) in [6, 6.07) is 20.2. The third-order valence-electron chi connectivity index (χ3n) is 4.85. The smallest absolute Gasteiger partial charge is 0.0953 e. The molecule has 0 bridgehead atoms. The number of aromatic nitrogens is 1. The zero-order valence-electron chi connectivity index (χ0n) is 12.0. The Kier molecular flexibility index (Phi) is 2.56. The Morgan fingerprint density at radius 1 is 0.955 bits per heavy atom. The Balaban J connectivity index is 1.81. The predicted molar refractivity (Wildman–Crippen MR) is 92.8 cm³/mol. The first-order valence-electron chi connectivity index (χ1n) is 7.64. The van der Waals surface area contributed by atoms with Crippen LogP contribution in [-0.2, 0) is 6.42 Å². The summed E-state index contributed by atoms with van der Waals surface area (Å²) < 4.78 is 3.50. The predicted octanol–water partition coefficient (Wildman–Crippen LogP) is 4.71. The molecule has 2 aromatic carbocycles. The second-order valence-corrected chi connectivity index (χ2v) is 6.90.